The van der Waals surface area contributed by atoms with Crippen molar-refractivity contribution in [2.75, 3.05) is 50.6 Å². The molecule has 190 valence electrons. The van der Waals surface area contributed by atoms with Crippen LogP contribution in [0.4, 0.5) is 11.7 Å². The van der Waals surface area contributed by atoms with Crippen molar-refractivity contribution in [3.05, 3.63) is 54.1 Å². The number of benzene rings is 2. The number of hydrogen-bond acceptors (Lipinski definition) is 8. The van der Waals surface area contributed by atoms with Crippen molar-refractivity contribution in [2.45, 2.75) is 31.7 Å². The molecule has 5 rings (SSSR count). The maximum Gasteiger partial charge on any atom is 0.315 e. The van der Waals surface area contributed by atoms with Crippen LogP contribution in [0.2, 0.25) is 0 Å². The van der Waals surface area contributed by atoms with Gasteiger partial charge in [-0.15, -0.1) is 5.10 Å². The summed E-state index contributed by atoms with van der Waals surface area (Å²) >= 11 is 0. The molecule has 0 radical (unpaired) electrons. The van der Waals surface area contributed by atoms with Crippen LogP contribution in [0.15, 0.2) is 52.9 Å². The molecule has 0 spiro atoms. The highest BCUT2D eigenvalue weighted by molar-refractivity contribution is 6.04. The highest BCUT2D eigenvalue weighted by atomic mass is 16.5. The largest absolute Gasteiger partial charge is 0.496 e. The fourth-order valence-electron chi connectivity index (χ4n) is 4.94. The molecular weight excluding hydrogens is 458 g/mol. The van der Waals surface area contributed by atoms with Crippen LogP contribution in [0.5, 0.6) is 5.75 Å². The molecule has 1 amide bonds. The summed E-state index contributed by atoms with van der Waals surface area (Å²) < 4.78 is 16.9. The van der Waals surface area contributed by atoms with Crippen molar-refractivity contribution in [1.82, 2.24) is 15.1 Å². The number of anilines is 2. The fraction of sp³-hybridized carbons (Fsp3) is 0.444. The number of aromatic nitrogens is 2. The lowest BCUT2D eigenvalue weighted by Crippen LogP contribution is -2.40. The Bertz CT molecular complexity index is 1140. The number of carbonyl (C=O) groups excluding carboxylic acids is 1. The van der Waals surface area contributed by atoms with Gasteiger partial charge in [-0.2, -0.15) is 0 Å². The van der Waals surface area contributed by atoms with Crippen LogP contribution in [0.1, 0.15) is 36.0 Å². The zero-order chi connectivity index (χ0) is 24.7. The summed E-state index contributed by atoms with van der Waals surface area (Å²) in [4.78, 5) is 15.0. The predicted octanol–water partition coefficient (Wildman–Crippen LogP) is 4.30. The zero-order valence-corrected chi connectivity index (χ0v) is 20.6. The molecular formula is C27H33N5O4. The van der Waals surface area contributed by atoms with Crippen LogP contribution < -0.4 is 15.4 Å². The van der Waals surface area contributed by atoms with E-state index in [9.17, 15) is 4.79 Å². The third-order valence-corrected chi connectivity index (χ3v) is 6.95. The Hall–Kier alpha value is -3.43. The molecule has 1 aliphatic heterocycles. The molecule has 2 aliphatic rings. The monoisotopic (exact) mass is 491 g/mol. The van der Waals surface area contributed by atoms with Crippen LogP contribution in [-0.2, 0) is 4.74 Å². The van der Waals surface area contributed by atoms with Gasteiger partial charge in [0.1, 0.15) is 5.75 Å². The first kappa shape index (κ1) is 24.3. The Morgan fingerprint density at radius 3 is 2.58 bits per heavy atom. The third kappa shape index (κ3) is 6.03. The quantitative estimate of drug-likeness (QED) is 0.481. The Kier molecular flexibility index (Phi) is 7.78. The van der Waals surface area contributed by atoms with Gasteiger partial charge in [-0.3, -0.25) is 9.69 Å². The van der Waals surface area contributed by atoms with Crippen molar-refractivity contribution in [2.24, 2.45) is 5.92 Å². The molecule has 0 atom stereocenters. The summed E-state index contributed by atoms with van der Waals surface area (Å²) in [7, 11) is 1.58. The molecule has 3 aromatic rings. The lowest BCUT2D eigenvalue weighted by atomic mass is 9.85. The van der Waals surface area contributed by atoms with Crippen LogP contribution in [-0.4, -0.2) is 67.0 Å². The van der Waals surface area contributed by atoms with E-state index in [1.807, 2.05) is 24.3 Å². The van der Waals surface area contributed by atoms with E-state index >= 15 is 0 Å². The maximum atomic E-state index is 12.5. The number of amides is 1. The maximum absolute atomic E-state index is 12.5. The van der Waals surface area contributed by atoms with Gasteiger partial charge in [0, 0.05) is 43.0 Å². The minimum atomic E-state index is -0.186. The van der Waals surface area contributed by atoms with Gasteiger partial charge in [0.25, 0.3) is 11.8 Å². The van der Waals surface area contributed by atoms with E-state index in [4.69, 9.17) is 13.9 Å². The summed E-state index contributed by atoms with van der Waals surface area (Å²) in [5.74, 6) is 1.47. The minimum absolute atomic E-state index is 0.186. The highest BCUT2D eigenvalue weighted by Crippen LogP contribution is 2.33. The Morgan fingerprint density at radius 1 is 1.06 bits per heavy atom. The lowest BCUT2D eigenvalue weighted by Gasteiger charge is -2.34. The number of nitrogens with zero attached hydrogens (tertiary/aromatic N) is 3. The van der Waals surface area contributed by atoms with Gasteiger partial charge in [0.2, 0.25) is 0 Å². The summed E-state index contributed by atoms with van der Waals surface area (Å²) in [6.45, 7) is 4.97. The summed E-state index contributed by atoms with van der Waals surface area (Å²) in [6, 6.07) is 15.2. The molecule has 2 N–H and O–H groups in total. The molecule has 36 heavy (non-hydrogen) atoms. The van der Waals surface area contributed by atoms with Crippen LogP contribution >= 0.6 is 0 Å². The van der Waals surface area contributed by atoms with Crippen LogP contribution in [0, 0.1) is 5.92 Å². The number of methoxy groups -OCH3 is 1. The van der Waals surface area contributed by atoms with E-state index in [-0.39, 0.29) is 5.91 Å². The second kappa shape index (κ2) is 11.5. The van der Waals surface area contributed by atoms with E-state index in [1.165, 1.54) is 19.4 Å². The van der Waals surface area contributed by atoms with Gasteiger partial charge in [-0.1, -0.05) is 23.3 Å². The average Bonchev–Trinajstić information content (AvgIpc) is 3.39. The number of nitrogens with one attached hydrogen (secondary N) is 2. The molecule has 9 heteroatoms. The van der Waals surface area contributed by atoms with Crippen molar-refractivity contribution in [3.8, 4) is 17.2 Å². The van der Waals surface area contributed by atoms with E-state index < -0.39 is 0 Å². The van der Waals surface area contributed by atoms with Gasteiger partial charge in [-0.25, -0.2) is 0 Å². The molecule has 0 unspecified atom stereocenters. The Morgan fingerprint density at radius 2 is 1.83 bits per heavy atom. The first-order chi connectivity index (χ1) is 17.7. The second-order valence-corrected chi connectivity index (χ2v) is 9.42. The van der Waals surface area contributed by atoms with E-state index in [0.29, 0.717) is 40.5 Å². The van der Waals surface area contributed by atoms with Crippen molar-refractivity contribution in [1.29, 1.82) is 0 Å². The molecule has 2 aromatic carbocycles. The number of hydrogen-bond donors (Lipinski definition) is 2. The van der Waals surface area contributed by atoms with Gasteiger partial charge < -0.3 is 24.5 Å². The van der Waals surface area contributed by atoms with Gasteiger partial charge in [0.15, 0.2) is 0 Å². The summed E-state index contributed by atoms with van der Waals surface area (Å²) in [5, 5.41) is 14.7. The molecule has 1 aliphatic carbocycles. The van der Waals surface area contributed by atoms with Crippen LogP contribution in [0.3, 0.4) is 0 Å². The number of morpholine rings is 1. The van der Waals surface area contributed by atoms with E-state index in [0.717, 1.165) is 45.1 Å². The molecule has 2 heterocycles. The molecule has 1 saturated heterocycles. The average molecular weight is 492 g/mol. The molecule has 1 aromatic heterocycles. The number of rotatable bonds is 8. The fourth-order valence-corrected chi connectivity index (χ4v) is 4.94. The van der Waals surface area contributed by atoms with Gasteiger partial charge in [0.05, 0.1) is 25.9 Å². The Labute approximate surface area is 211 Å². The van der Waals surface area contributed by atoms with E-state index in [1.54, 1.807) is 31.4 Å². The SMILES string of the molecule is COc1cc(NC(=O)c2ccccc2)ccc1-c1nnc(NC2CCC(CN3CCOCC3)CC2)o1. The first-order valence-corrected chi connectivity index (χ1v) is 12.6. The topological polar surface area (TPSA) is 102 Å². The van der Waals surface area contributed by atoms with E-state index in [2.05, 4.69) is 25.7 Å². The van der Waals surface area contributed by atoms with Crippen molar-refractivity contribution < 1.29 is 18.7 Å². The standard InChI is InChI=1S/C27H33N5O4/c1-34-24-17-22(28-25(33)20-5-3-2-4-6-20)11-12-23(24)26-30-31-27(36-26)29-21-9-7-19(8-10-21)18-32-13-15-35-16-14-32/h2-6,11-12,17,19,21H,7-10,13-16,18H2,1H3,(H,28,33)(H,29,31). The molecule has 2 fully saturated rings. The van der Waals surface area contributed by atoms with Crippen LogP contribution in [0.25, 0.3) is 11.5 Å². The lowest BCUT2D eigenvalue weighted by molar-refractivity contribution is 0.0276. The van der Waals surface area contributed by atoms with Gasteiger partial charge in [-0.05, 0) is 55.9 Å². The summed E-state index contributed by atoms with van der Waals surface area (Å²) in [6.07, 6.45) is 4.57. The minimum Gasteiger partial charge on any atom is -0.496 e. The molecule has 0 bridgehead atoms. The smallest absolute Gasteiger partial charge is 0.315 e. The summed E-state index contributed by atoms with van der Waals surface area (Å²) in [5.41, 5.74) is 1.88. The van der Waals surface area contributed by atoms with Gasteiger partial charge >= 0.3 is 6.01 Å². The Balaban J connectivity index is 1.17. The predicted molar refractivity (Wildman–Crippen MR) is 137 cm³/mol. The molecule has 1 saturated carbocycles. The highest BCUT2D eigenvalue weighted by Gasteiger charge is 2.25. The first-order valence-electron chi connectivity index (χ1n) is 12.6. The number of ether oxygens (including phenoxy) is 2. The third-order valence-electron chi connectivity index (χ3n) is 6.95. The van der Waals surface area contributed by atoms with Crippen molar-refractivity contribution >= 4 is 17.6 Å². The van der Waals surface area contributed by atoms with Crippen molar-refractivity contribution in [3.63, 3.8) is 0 Å². The second-order valence-electron chi connectivity index (χ2n) is 9.42. The molecule has 9 nitrogen and oxygen atoms in total. The number of carbonyl (C=O) groups is 1. The normalized spacial score (nSPS) is 20.6. The zero-order valence-electron chi connectivity index (χ0n) is 20.6.